The first-order valence-electron chi connectivity index (χ1n) is 5.55. The van der Waals surface area contributed by atoms with Gasteiger partial charge in [0.25, 0.3) is 0 Å². The Balaban J connectivity index is 2.93. The first kappa shape index (κ1) is 14.1. The first-order valence-corrected chi connectivity index (χ1v) is 7.50. The lowest BCUT2D eigenvalue weighted by atomic mass is 10.0. The molecule has 7 heteroatoms. The van der Waals surface area contributed by atoms with Crippen molar-refractivity contribution in [3.05, 3.63) is 11.7 Å². The SMILES string of the molecule is CCC(C)[C@H](N)c1nc(C(C)S(C)(=O)=O)no1. The number of aromatic nitrogens is 2. The minimum atomic E-state index is -3.22. The fraction of sp³-hybridized carbons (Fsp3) is 0.800. The zero-order chi connectivity index (χ0) is 13.2. The zero-order valence-corrected chi connectivity index (χ0v) is 11.4. The lowest BCUT2D eigenvalue weighted by Gasteiger charge is -2.13. The van der Waals surface area contributed by atoms with E-state index in [4.69, 9.17) is 10.3 Å². The minimum Gasteiger partial charge on any atom is -0.338 e. The molecule has 0 aliphatic carbocycles. The van der Waals surface area contributed by atoms with Crippen LogP contribution < -0.4 is 5.73 Å². The Bertz CT molecular complexity index is 469. The smallest absolute Gasteiger partial charge is 0.243 e. The number of nitrogens with two attached hydrogens (primary N) is 1. The first-order chi connectivity index (χ1) is 7.77. The largest absolute Gasteiger partial charge is 0.338 e. The molecule has 0 fully saturated rings. The molecule has 0 saturated heterocycles. The maximum atomic E-state index is 11.3. The summed E-state index contributed by atoms with van der Waals surface area (Å²) in [5.74, 6) is 0.669. The van der Waals surface area contributed by atoms with E-state index in [2.05, 4.69) is 10.1 Å². The van der Waals surface area contributed by atoms with Gasteiger partial charge in [0.05, 0.1) is 6.04 Å². The molecule has 17 heavy (non-hydrogen) atoms. The summed E-state index contributed by atoms with van der Waals surface area (Å²) in [7, 11) is -3.22. The second-order valence-electron chi connectivity index (χ2n) is 4.37. The Kier molecular flexibility index (Phi) is 4.26. The summed E-state index contributed by atoms with van der Waals surface area (Å²) >= 11 is 0. The normalized spacial score (nSPS) is 17.7. The summed E-state index contributed by atoms with van der Waals surface area (Å²) in [5, 5.41) is 2.90. The third-order valence-electron chi connectivity index (χ3n) is 3.01. The summed E-state index contributed by atoms with van der Waals surface area (Å²) in [4.78, 5) is 4.06. The molecular formula is C10H19N3O3S. The van der Waals surface area contributed by atoms with Gasteiger partial charge in [0.1, 0.15) is 5.25 Å². The molecule has 1 rings (SSSR count). The summed E-state index contributed by atoms with van der Waals surface area (Å²) in [6.07, 6.45) is 2.03. The highest BCUT2D eigenvalue weighted by molar-refractivity contribution is 7.90. The van der Waals surface area contributed by atoms with Gasteiger partial charge in [-0.1, -0.05) is 25.4 Å². The van der Waals surface area contributed by atoms with Gasteiger partial charge in [0.2, 0.25) is 5.89 Å². The molecule has 0 aliphatic heterocycles. The fourth-order valence-corrected chi connectivity index (χ4v) is 1.72. The van der Waals surface area contributed by atoms with Crippen molar-refractivity contribution in [3.63, 3.8) is 0 Å². The maximum absolute atomic E-state index is 11.3. The molecule has 1 aromatic heterocycles. The van der Waals surface area contributed by atoms with Crippen molar-refractivity contribution in [2.24, 2.45) is 11.7 Å². The highest BCUT2D eigenvalue weighted by Gasteiger charge is 2.26. The van der Waals surface area contributed by atoms with Gasteiger partial charge in [0.15, 0.2) is 15.7 Å². The predicted octanol–water partition coefficient (Wildman–Crippen LogP) is 1.22. The van der Waals surface area contributed by atoms with Crippen LogP contribution in [0.5, 0.6) is 0 Å². The van der Waals surface area contributed by atoms with Gasteiger partial charge in [-0.15, -0.1) is 0 Å². The van der Waals surface area contributed by atoms with Crippen molar-refractivity contribution in [1.29, 1.82) is 0 Å². The quantitative estimate of drug-likeness (QED) is 0.855. The molecule has 0 bridgehead atoms. The summed E-state index contributed by atoms with van der Waals surface area (Å²) < 4.78 is 27.7. The second-order valence-corrected chi connectivity index (χ2v) is 6.74. The summed E-state index contributed by atoms with van der Waals surface area (Å²) in [6, 6.07) is -0.354. The molecule has 2 N–H and O–H groups in total. The molecule has 0 aromatic carbocycles. The van der Waals surface area contributed by atoms with Crippen LogP contribution >= 0.6 is 0 Å². The zero-order valence-electron chi connectivity index (χ0n) is 10.5. The van der Waals surface area contributed by atoms with Crippen molar-refractivity contribution < 1.29 is 12.9 Å². The van der Waals surface area contributed by atoms with Crippen molar-refractivity contribution in [2.75, 3.05) is 6.26 Å². The molecule has 1 aromatic rings. The third kappa shape index (κ3) is 3.26. The molecule has 6 nitrogen and oxygen atoms in total. The average Bonchev–Trinajstić information content (AvgIpc) is 2.73. The lowest BCUT2D eigenvalue weighted by Crippen LogP contribution is -2.19. The van der Waals surface area contributed by atoms with Gasteiger partial charge < -0.3 is 10.3 Å². The number of rotatable bonds is 5. The average molecular weight is 261 g/mol. The van der Waals surface area contributed by atoms with E-state index in [0.29, 0.717) is 5.89 Å². The van der Waals surface area contributed by atoms with E-state index >= 15 is 0 Å². The number of hydrogen-bond donors (Lipinski definition) is 1. The predicted molar refractivity (Wildman–Crippen MR) is 63.9 cm³/mol. The van der Waals surface area contributed by atoms with Gasteiger partial charge in [-0.3, -0.25) is 0 Å². The molecule has 0 saturated carbocycles. The van der Waals surface area contributed by atoms with E-state index in [-0.39, 0.29) is 17.8 Å². The van der Waals surface area contributed by atoms with Gasteiger partial charge in [0, 0.05) is 6.26 Å². The van der Waals surface area contributed by atoms with E-state index in [1.807, 2.05) is 13.8 Å². The molecule has 0 radical (unpaired) electrons. The summed E-state index contributed by atoms with van der Waals surface area (Å²) in [5.41, 5.74) is 5.93. The van der Waals surface area contributed by atoms with Crippen LogP contribution in [-0.2, 0) is 9.84 Å². The maximum Gasteiger partial charge on any atom is 0.243 e. The number of sulfone groups is 1. The molecule has 98 valence electrons. The van der Waals surface area contributed by atoms with Gasteiger partial charge >= 0.3 is 0 Å². The molecule has 0 spiro atoms. The Morgan fingerprint density at radius 3 is 2.47 bits per heavy atom. The Labute approximate surface area is 102 Å². The van der Waals surface area contributed by atoms with Crippen LogP contribution in [0.1, 0.15) is 50.2 Å². The molecular weight excluding hydrogens is 242 g/mol. The van der Waals surface area contributed by atoms with Crippen molar-refractivity contribution in [1.82, 2.24) is 10.1 Å². The highest BCUT2D eigenvalue weighted by atomic mass is 32.2. The van der Waals surface area contributed by atoms with Crippen molar-refractivity contribution in [2.45, 2.75) is 38.5 Å². The van der Waals surface area contributed by atoms with Crippen LogP contribution in [0.4, 0.5) is 0 Å². The van der Waals surface area contributed by atoms with E-state index in [9.17, 15) is 8.42 Å². The van der Waals surface area contributed by atoms with E-state index in [1.165, 1.54) is 6.92 Å². The standard InChI is InChI=1S/C10H19N3O3S/c1-5-6(2)8(11)10-12-9(13-16-10)7(3)17(4,14)15/h6-8H,5,11H2,1-4H3/t6?,7?,8-/m0/s1. The van der Waals surface area contributed by atoms with Crippen molar-refractivity contribution in [3.8, 4) is 0 Å². The molecule has 0 aliphatic rings. The Hall–Kier alpha value is -0.950. The Morgan fingerprint density at radius 1 is 1.41 bits per heavy atom. The summed E-state index contributed by atoms with van der Waals surface area (Å²) in [6.45, 7) is 5.52. The van der Waals surface area contributed by atoms with Crippen LogP contribution in [0.15, 0.2) is 4.52 Å². The van der Waals surface area contributed by atoms with E-state index in [0.717, 1.165) is 12.7 Å². The van der Waals surface area contributed by atoms with Crippen LogP contribution in [0.25, 0.3) is 0 Å². The van der Waals surface area contributed by atoms with Crippen LogP contribution in [0, 0.1) is 5.92 Å². The van der Waals surface area contributed by atoms with Crippen molar-refractivity contribution >= 4 is 9.84 Å². The van der Waals surface area contributed by atoms with Gasteiger partial charge in [-0.25, -0.2) is 8.42 Å². The molecule has 2 unspecified atom stereocenters. The van der Waals surface area contributed by atoms with Gasteiger partial charge in [-0.2, -0.15) is 4.98 Å². The second kappa shape index (κ2) is 5.14. The van der Waals surface area contributed by atoms with Crippen LogP contribution in [0.3, 0.4) is 0 Å². The highest BCUT2D eigenvalue weighted by Crippen LogP contribution is 2.23. The lowest BCUT2D eigenvalue weighted by molar-refractivity contribution is 0.310. The Morgan fingerprint density at radius 2 is 2.00 bits per heavy atom. The van der Waals surface area contributed by atoms with Crippen LogP contribution in [0.2, 0.25) is 0 Å². The van der Waals surface area contributed by atoms with Crippen LogP contribution in [-0.4, -0.2) is 24.8 Å². The van der Waals surface area contributed by atoms with Gasteiger partial charge in [-0.05, 0) is 12.8 Å². The molecule has 0 amide bonds. The fourth-order valence-electron chi connectivity index (χ4n) is 1.24. The number of nitrogens with zero attached hydrogens (tertiary/aromatic N) is 2. The molecule has 1 heterocycles. The third-order valence-corrected chi connectivity index (χ3v) is 4.50. The van der Waals surface area contributed by atoms with E-state index in [1.54, 1.807) is 0 Å². The topological polar surface area (TPSA) is 99.1 Å². The van der Waals surface area contributed by atoms with E-state index < -0.39 is 15.1 Å². The molecule has 3 atom stereocenters. The number of hydrogen-bond acceptors (Lipinski definition) is 6. The minimum absolute atomic E-state index is 0.168. The monoisotopic (exact) mass is 261 g/mol.